The number of alkyl halides is 2. The first-order valence-corrected chi connectivity index (χ1v) is 7.15. The summed E-state index contributed by atoms with van der Waals surface area (Å²) in [5.74, 6) is 0.194. The molecule has 118 valence electrons. The molecule has 4 nitrogen and oxygen atoms in total. The summed E-state index contributed by atoms with van der Waals surface area (Å²) in [6.07, 6.45) is -1.07. The molecule has 1 amide bonds. The molecule has 1 saturated heterocycles. The second-order valence-electron chi connectivity index (χ2n) is 6.57. The van der Waals surface area contributed by atoms with Gasteiger partial charge in [-0.3, -0.25) is 4.79 Å². The van der Waals surface area contributed by atoms with Gasteiger partial charge in [-0.05, 0) is 18.8 Å². The average molecular weight is 292 g/mol. The minimum Gasteiger partial charge on any atom is -0.396 e. The first-order chi connectivity index (χ1) is 9.24. The minimum absolute atomic E-state index is 0.0315. The van der Waals surface area contributed by atoms with Crippen LogP contribution in [0.1, 0.15) is 33.6 Å². The van der Waals surface area contributed by atoms with Crippen molar-refractivity contribution in [1.82, 2.24) is 10.2 Å². The van der Waals surface area contributed by atoms with E-state index in [1.54, 1.807) is 4.90 Å². The van der Waals surface area contributed by atoms with Crippen molar-refractivity contribution >= 4 is 5.91 Å². The zero-order valence-electron chi connectivity index (χ0n) is 12.5. The Hall–Kier alpha value is -0.750. The third-order valence-corrected chi connectivity index (χ3v) is 3.56. The van der Waals surface area contributed by atoms with Gasteiger partial charge in [-0.1, -0.05) is 20.8 Å². The van der Waals surface area contributed by atoms with Crippen molar-refractivity contribution in [2.45, 2.75) is 46.1 Å². The molecule has 2 N–H and O–H groups in total. The lowest BCUT2D eigenvalue weighted by atomic mass is 9.88. The highest BCUT2D eigenvalue weighted by molar-refractivity contribution is 5.81. The van der Waals surface area contributed by atoms with Crippen molar-refractivity contribution < 1.29 is 18.7 Å². The zero-order valence-corrected chi connectivity index (χ0v) is 12.5. The highest BCUT2D eigenvalue weighted by Gasteiger charge is 2.34. The molecule has 20 heavy (non-hydrogen) atoms. The molecule has 6 heteroatoms. The fraction of sp³-hybridized carbons (Fsp3) is 0.929. The predicted molar refractivity (Wildman–Crippen MR) is 73.6 cm³/mol. The van der Waals surface area contributed by atoms with E-state index in [0.717, 1.165) is 6.42 Å². The molecular formula is C14H26F2N2O2. The molecule has 0 aromatic rings. The number of rotatable bonds is 5. The van der Waals surface area contributed by atoms with Crippen molar-refractivity contribution in [2.75, 3.05) is 26.2 Å². The summed E-state index contributed by atoms with van der Waals surface area (Å²) in [6.45, 7) is 6.33. The Bertz CT molecular complexity index is 319. The predicted octanol–water partition coefficient (Wildman–Crippen LogP) is 1.49. The molecule has 1 rings (SSSR count). The summed E-state index contributed by atoms with van der Waals surface area (Å²) in [7, 11) is 0. The Morgan fingerprint density at radius 3 is 2.55 bits per heavy atom. The van der Waals surface area contributed by atoms with Crippen LogP contribution in [0.25, 0.3) is 0 Å². The van der Waals surface area contributed by atoms with E-state index >= 15 is 0 Å². The van der Waals surface area contributed by atoms with Gasteiger partial charge in [0.25, 0.3) is 6.43 Å². The van der Waals surface area contributed by atoms with Crippen molar-refractivity contribution in [2.24, 2.45) is 11.3 Å². The first-order valence-electron chi connectivity index (χ1n) is 7.15. The largest absolute Gasteiger partial charge is 0.396 e. The molecule has 0 radical (unpaired) electrons. The average Bonchev–Trinajstić information content (AvgIpc) is 2.34. The van der Waals surface area contributed by atoms with Crippen molar-refractivity contribution in [1.29, 1.82) is 0 Å². The van der Waals surface area contributed by atoms with Crippen LogP contribution in [0.4, 0.5) is 8.78 Å². The number of aliphatic hydroxyl groups excluding tert-OH is 1. The third kappa shape index (κ3) is 5.32. The molecule has 0 spiro atoms. The van der Waals surface area contributed by atoms with Gasteiger partial charge in [-0.15, -0.1) is 0 Å². The number of hydrogen-bond acceptors (Lipinski definition) is 3. The SMILES string of the molecule is CC(C)(C)C(=O)N1CC(CCO)CC(NCC(F)F)C1. The van der Waals surface area contributed by atoms with E-state index in [2.05, 4.69) is 5.32 Å². The van der Waals surface area contributed by atoms with Gasteiger partial charge in [0.2, 0.25) is 5.91 Å². The van der Waals surface area contributed by atoms with Crippen LogP contribution in [0.5, 0.6) is 0 Å². The van der Waals surface area contributed by atoms with Crippen molar-refractivity contribution in [3.63, 3.8) is 0 Å². The molecule has 1 aliphatic rings. The number of hydrogen-bond donors (Lipinski definition) is 2. The van der Waals surface area contributed by atoms with Crippen molar-refractivity contribution in [3.8, 4) is 0 Å². The highest BCUT2D eigenvalue weighted by atomic mass is 19.3. The smallest absolute Gasteiger partial charge is 0.250 e. The van der Waals surface area contributed by atoms with Crippen LogP contribution in [-0.2, 0) is 4.79 Å². The Kier molecular flexibility index (Phi) is 6.33. The topological polar surface area (TPSA) is 52.6 Å². The van der Waals surface area contributed by atoms with Crippen LogP contribution >= 0.6 is 0 Å². The number of halogens is 2. The number of amides is 1. The van der Waals surface area contributed by atoms with E-state index in [0.29, 0.717) is 19.5 Å². The molecule has 1 aliphatic heterocycles. The number of piperidine rings is 1. The van der Waals surface area contributed by atoms with Gasteiger partial charge in [-0.25, -0.2) is 8.78 Å². The lowest BCUT2D eigenvalue weighted by molar-refractivity contribution is -0.142. The number of nitrogens with zero attached hydrogens (tertiary/aromatic N) is 1. The fourth-order valence-corrected chi connectivity index (χ4v) is 2.64. The molecule has 1 fully saturated rings. The van der Waals surface area contributed by atoms with E-state index in [4.69, 9.17) is 5.11 Å². The van der Waals surface area contributed by atoms with Crippen LogP contribution in [0.3, 0.4) is 0 Å². The zero-order chi connectivity index (χ0) is 15.3. The normalized spacial score (nSPS) is 24.2. The Morgan fingerprint density at radius 2 is 2.05 bits per heavy atom. The van der Waals surface area contributed by atoms with E-state index in [1.807, 2.05) is 20.8 Å². The maximum atomic E-state index is 12.3. The third-order valence-electron chi connectivity index (χ3n) is 3.56. The van der Waals surface area contributed by atoms with Gasteiger partial charge in [0, 0.05) is 31.2 Å². The van der Waals surface area contributed by atoms with Crippen LogP contribution < -0.4 is 5.32 Å². The molecule has 0 saturated carbocycles. The summed E-state index contributed by atoms with van der Waals surface area (Å²) in [6, 6.07) is -0.124. The number of likely N-dealkylation sites (tertiary alicyclic amines) is 1. The van der Waals surface area contributed by atoms with Gasteiger partial charge in [0.1, 0.15) is 0 Å². The number of carbonyl (C=O) groups excluding carboxylic acids is 1. The molecule has 2 atom stereocenters. The molecule has 0 aromatic carbocycles. The van der Waals surface area contributed by atoms with E-state index in [1.165, 1.54) is 0 Å². The maximum absolute atomic E-state index is 12.3. The maximum Gasteiger partial charge on any atom is 0.250 e. The molecule has 0 bridgehead atoms. The number of carbonyl (C=O) groups is 1. The highest BCUT2D eigenvalue weighted by Crippen LogP contribution is 2.25. The van der Waals surface area contributed by atoms with E-state index in [9.17, 15) is 13.6 Å². The Labute approximate surface area is 119 Å². The summed E-state index contributed by atoms with van der Waals surface area (Å²) in [4.78, 5) is 14.1. The summed E-state index contributed by atoms with van der Waals surface area (Å²) in [5.41, 5.74) is -0.478. The molecule has 0 aliphatic carbocycles. The van der Waals surface area contributed by atoms with Crippen LogP contribution in [-0.4, -0.2) is 54.6 Å². The number of aliphatic hydroxyl groups is 1. The van der Waals surface area contributed by atoms with Crippen LogP contribution in [0.15, 0.2) is 0 Å². The van der Waals surface area contributed by atoms with Gasteiger partial charge in [0.15, 0.2) is 0 Å². The quantitative estimate of drug-likeness (QED) is 0.807. The van der Waals surface area contributed by atoms with E-state index in [-0.39, 0.29) is 31.0 Å². The summed E-state index contributed by atoms with van der Waals surface area (Å²) in [5, 5.41) is 11.9. The molecule has 2 unspecified atom stereocenters. The summed E-state index contributed by atoms with van der Waals surface area (Å²) < 4.78 is 24.6. The molecule has 0 aromatic heterocycles. The fourth-order valence-electron chi connectivity index (χ4n) is 2.64. The molecular weight excluding hydrogens is 266 g/mol. The Morgan fingerprint density at radius 1 is 1.40 bits per heavy atom. The second kappa shape index (κ2) is 7.31. The lowest BCUT2D eigenvalue weighted by Crippen LogP contribution is -2.54. The lowest BCUT2D eigenvalue weighted by Gasteiger charge is -2.40. The summed E-state index contributed by atoms with van der Waals surface area (Å²) >= 11 is 0. The van der Waals surface area contributed by atoms with Crippen LogP contribution in [0, 0.1) is 11.3 Å². The monoisotopic (exact) mass is 292 g/mol. The second-order valence-corrected chi connectivity index (χ2v) is 6.57. The van der Waals surface area contributed by atoms with Gasteiger partial charge in [0.05, 0.1) is 6.54 Å². The van der Waals surface area contributed by atoms with Gasteiger partial charge >= 0.3 is 0 Å². The standard InChI is InChI=1S/C14H26F2N2O2/c1-14(2,3)13(20)18-8-10(4-5-19)6-11(9-18)17-7-12(15)16/h10-12,17,19H,4-9H2,1-3H3. The number of nitrogens with one attached hydrogen (secondary N) is 1. The van der Waals surface area contributed by atoms with Gasteiger partial charge in [-0.2, -0.15) is 0 Å². The minimum atomic E-state index is -2.39. The first kappa shape index (κ1) is 17.3. The van der Waals surface area contributed by atoms with Crippen LogP contribution in [0.2, 0.25) is 0 Å². The van der Waals surface area contributed by atoms with Gasteiger partial charge < -0.3 is 15.3 Å². The van der Waals surface area contributed by atoms with E-state index < -0.39 is 11.8 Å². The van der Waals surface area contributed by atoms with Crippen molar-refractivity contribution in [3.05, 3.63) is 0 Å². The Balaban J connectivity index is 2.67. The molecule has 1 heterocycles.